The monoisotopic (exact) mass is 1110 g/mol. The molecular formula is C54H41Cl2F12SiZr-3. The molecule has 0 nitrogen and oxygen atoms in total. The summed E-state index contributed by atoms with van der Waals surface area (Å²) in [4.78, 5) is 0. The molecule has 0 aliphatic carbocycles. The fraction of sp³-hybridized carbons (Fsp3) is 0.222. The van der Waals surface area contributed by atoms with Gasteiger partial charge in [0, 0.05) is 0 Å². The zero-order valence-corrected chi connectivity index (χ0v) is 42.7. The minimum atomic E-state index is -4.86. The van der Waals surface area contributed by atoms with Crippen molar-refractivity contribution in [3.63, 3.8) is 0 Å². The molecule has 1 heterocycles. The summed E-state index contributed by atoms with van der Waals surface area (Å²) in [5.41, 5.74) is 1.52. The smallest absolute Gasteiger partial charge is 0.0920 e. The Kier molecular flexibility index (Phi) is 17.5. The van der Waals surface area contributed by atoms with E-state index >= 15 is 0 Å². The van der Waals surface area contributed by atoms with Crippen LogP contribution in [-0.4, -0.2) is 9.52 Å². The van der Waals surface area contributed by atoms with E-state index in [1.165, 1.54) is 21.5 Å². The SMILES string of the molecule is CCCc1cc2c(-c3cc(C(F)(F)F)cc(C(F)(F)F)c3)c(C)ccc2[cH-]1.CCCc1cc2c(-c3cc(C(F)(F)F)cc(C(F)(F)F)c3)c(C)ccc2[cH-]1.[Cl][Zr][Cl].[c-]1cccc2c1[Si]c1ccccc1-2. The normalized spacial score (nSPS) is 12.3. The Labute approximate surface area is 418 Å². The first-order chi connectivity index (χ1) is 32.9. The molecule has 0 spiro atoms. The molecule has 0 saturated carbocycles. The molecule has 16 heteroatoms. The number of aryl methyl sites for hydroxylation is 4. The number of rotatable bonds is 6. The molecular weight excluding hydrogens is 1070 g/mol. The molecule has 0 bridgehead atoms. The van der Waals surface area contributed by atoms with Crippen molar-refractivity contribution < 1.29 is 73.5 Å². The van der Waals surface area contributed by atoms with Crippen molar-refractivity contribution in [3.8, 4) is 33.4 Å². The van der Waals surface area contributed by atoms with Crippen LogP contribution in [0, 0.1) is 19.9 Å². The van der Waals surface area contributed by atoms with Gasteiger partial charge in [-0.15, -0.1) is 74.6 Å². The molecule has 0 aromatic heterocycles. The molecule has 0 unspecified atom stereocenters. The van der Waals surface area contributed by atoms with Crippen LogP contribution < -0.4 is 10.4 Å². The van der Waals surface area contributed by atoms with Gasteiger partial charge in [0.15, 0.2) is 0 Å². The van der Waals surface area contributed by atoms with Gasteiger partial charge < -0.3 is 0 Å². The summed E-state index contributed by atoms with van der Waals surface area (Å²) in [6.45, 7) is 7.39. The van der Waals surface area contributed by atoms with Gasteiger partial charge in [-0.3, -0.25) is 0 Å². The van der Waals surface area contributed by atoms with Crippen molar-refractivity contribution in [2.75, 3.05) is 0 Å². The van der Waals surface area contributed by atoms with Crippen molar-refractivity contribution in [1.29, 1.82) is 0 Å². The van der Waals surface area contributed by atoms with E-state index in [0.29, 0.717) is 33.0 Å². The number of fused-ring (bicyclic) bond motifs is 5. The molecule has 0 saturated heterocycles. The fourth-order valence-electron chi connectivity index (χ4n) is 8.46. The van der Waals surface area contributed by atoms with Gasteiger partial charge in [0.05, 0.1) is 31.8 Å². The van der Waals surface area contributed by atoms with Crippen molar-refractivity contribution in [2.45, 2.75) is 78.1 Å². The van der Waals surface area contributed by atoms with Crippen LogP contribution in [0.1, 0.15) is 71.2 Å². The van der Waals surface area contributed by atoms with Gasteiger partial charge in [-0.25, -0.2) is 0 Å². The molecule has 0 N–H and O–H groups in total. The molecule has 0 atom stereocenters. The van der Waals surface area contributed by atoms with Crippen molar-refractivity contribution in [1.82, 2.24) is 0 Å². The Morgan fingerprint density at radius 2 is 0.900 bits per heavy atom. The summed E-state index contributed by atoms with van der Waals surface area (Å²) in [5, 5.41) is 5.79. The second-order valence-corrected chi connectivity index (χ2v) is 21.6. The van der Waals surface area contributed by atoms with Crippen molar-refractivity contribution >= 4 is 58.5 Å². The molecule has 0 fully saturated rings. The standard InChI is InChI=1S/2C21H17F6.C12H7Si.2ClH.Zr/c2*1-3-4-13-7-14-6-5-12(2)19(18(14)8-13)15-9-16(20(22,23)24)11-17(10-15)21(25,26)27;1-3-7-11-9(5-1)10-6-2-4-8-12(10)13-11;;;/h2*5-11H,3-4H2,1-2H3;1-7H;2*1H;/q3*-1;;;+2/p-2. The van der Waals surface area contributed by atoms with Crippen LogP contribution in [0.2, 0.25) is 0 Å². The van der Waals surface area contributed by atoms with Crippen LogP contribution in [0.4, 0.5) is 52.7 Å². The number of alkyl halides is 12. The minimum Gasteiger partial charge on any atom is -0.184 e. The molecule has 1 aliphatic heterocycles. The molecule has 0 amide bonds. The third kappa shape index (κ3) is 13.1. The van der Waals surface area contributed by atoms with Gasteiger partial charge in [-0.1, -0.05) is 84.0 Å². The minimum absolute atomic E-state index is 0.0751. The average molecular weight is 1110 g/mol. The summed E-state index contributed by atoms with van der Waals surface area (Å²) in [6, 6.07) is 36.4. The predicted molar refractivity (Wildman–Crippen MR) is 255 cm³/mol. The summed E-state index contributed by atoms with van der Waals surface area (Å²) in [7, 11) is 10.7. The third-order valence-corrected chi connectivity index (χ3v) is 12.8. The van der Waals surface area contributed by atoms with E-state index in [1.54, 1.807) is 26.0 Å². The topological polar surface area (TPSA) is 0 Å². The summed E-state index contributed by atoms with van der Waals surface area (Å²) in [5.74, 6) is 0. The number of hydrogen-bond acceptors (Lipinski definition) is 0. The Morgan fingerprint density at radius 1 is 0.514 bits per heavy atom. The van der Waals surface area contributed by atoms with E-state index in [9.17, 15) is 52.7 Å². The third-order valence-electron chi connectivity index (χ3n) is 11.5. The molecule has 70 heavy (non-hydrogen) atoms. The van der Waals surface area contributed by atoms with E-state index in [2.05, 4.69) is 42.5 Å². The van der Waals surface area contributed by atoms with E-state index in [4.69, 9.17) is 17.0 Å². The first-order valence-electron chi connectivity index (χ1n) is 21.7. The summed E-state index contributed by atoms with van der Waals surface area (Å²) < 4.78 is 158. The van der Waals surface area contributed by atoms with Gasteiger partial charge in [-0.05, 0) is 74.2 Å². The van der Waals surface area contributed by atoms with E-state index in [1.807, 2.05) is 56.3 Å². The first-order valence-corrected chi connectivity index (χ1v) is 29.0. The van der Waals surface area contributed by atoms with E-state index in [-0.39, 0.29) is 23.3 Å². The number of hydrogen-bond donors (Lipinski definition) is 0. The van der Waals surface area contributed by atoms with Crippen molar-refractivity contribution in [2.24, 2.45) is 0 Å². The van der Waals surface area contributed by atoms with Gasteiger partial charge in [0.1, 0.15) is 0 Å². The van der Waals surface area contributed by atoms with Crippen LogP contribution in [0.15, 0.2) is 127 Å². The summed E-state index contributed by atoms with van der Waals surface area (Å²) in [6.07, 6.45) is -16.1. The van der Waals surface area contributed by atoms with Crippen LogP contribution in [0.25, 0.3) is 54.9 Å². The van der Waals surface area contributed by atoms with Crippen LogP contribution in [0.3, 0.4) is 0 Å². The predicted octanol–water partition coefficient (Wildman–Crippen LogP) is 17.5. The zero-order valence-electron chi connectivity index (χ0n) is 37.7. The largest absolute Gasteiger partial charge is 0.184 e. The summed E-state index contributed by atoms with van der Waals surface area (Å²) >= 11 is -0.826. The maximum atomic E-state index is 13.2. The van der Waals surface area contributed by atoms with Crippen LogP contribution in [-0.2, 0) is 58.4 Å². The second kappa shape index (κ2) is 22.4. The second-order valence-electron chi connectivity index (χ2n) is 16.5. The molecule has 2 radical (unpaired) electrons. The number of benzene rings is 6. The first kappa shape index (κ1) is 54.7. The molecule has 1 aliphatic rings. The fourth-order valence-corrected chi connectivity index (χ4v) is 9.77. The van der Waals surface area contributed by atoms with Crippen LogP contribution >= 0.6 is 17.0 Å². The molecule has 8 aromatic carbocycles. The Morgan fingerprint density at radius 3 is 1.29 bits per heavy atom. The average Bonchev–Trinajstić information content (AvgIpc) is 4.01. The van der Waals surface area contributed by atoms with Gasteiger partial charge in [0.25, 0.3) is 0 Å². The molecule has 9 rings (SSSR count). The Bertz CT molecular complexity index is 2810. The quantitative estimate of drug-likeness (QED) is 0.0884. The van der Waals surface area contributed by atoms with Crippen molar-refractivity contribution in [3.05, 3.63) is 178 Å². The maximum absolute atomic E-state index is 13.2. The van der Waals surface area contributed by atoms with Gasteiger partial charge >= 0.3 is 62.6 Å². The molecule has 8 aromatic rings. The van der Waals surface area contributed by atoms with E-state index in [0.717, 1.165) is 81.4 Å². The van der Waals surface area contributed by atoms with E-state index < -0.39 is 67.8 Å². The zero-order chi connectivity index (χ0) is 51.3. The van der Waals surface area contributed by atoms with Gasteiger partial charge in [0.2, 0.25) is 0 Å². The number of halogens is 14. The maximum Gasteiger partial charge on any atom is 0.0920 e. The van der Waals surface area contributed by atoms with Crippen LogP contribution in [0.5, 0.6) is 0 Å². The Balaban J connectivity index is 0.000000176. The molecule has 366 valence electrons. The Hall–Kier alpha value is -4.62. The van der Waals surface area contributed by atoms with Gasteiger partial charge in [-0.2, -0.15) is 94.3 Å².